The van der Waals surface area contributed by atoms with Crippen molar-refractivity contribution in [1.29, 1.82) is 0 Å². The molecule has 2 aliphatic heterocycles. The molecule has 0 aliphatic carbocycles. The van der Waals surface area contributed by atoms with Gasteiger partial charge in [0.05, 0.1) is 32.6 Å². The molecule has 0 saturated carbocycles. The highest BCUT2D eigenvalue weighted by molar-refractivity contribution is 14.1. The molecule has 2 N–H and O–H groups in total. The summed E-state index contributed by atoms with van der Waals surface area (Å²) in [6, 6.07) is 5.31. The number of halogens is 1. The van der Waals surface area contributed by atoms with Gasteiger partial charge in [0.1, 0.15) is 5.75 Å². The molecule has 10 nitrogen and oxygen atoms in total. The number of hydrazone groups is 1. The fourth-order valence-electron chi connectivity index (χ4n) is 3.00. The number of benzene rings is 1. The molecule has 2 aliphatic rings. The van der Waals surface area contributed by atoms with Gasteiger partial charge in [-0.1, -0.05) is 0 Å². The zero-order chi connectivity index (χ0) is 20.1. The van der Waals surface area contributed by atoms with E-state index in [1.807, 2.05) is 12.1 Å². The van der Waals surface area contributed by atoms with Crippen LogP contribution in [0.4, 0.5) is 17.8 Å². The van der Waals surface area contributed by atoms with Crippen molar-refractivity contribution >= 4 is 46.7 Å². The summed E-state index contributed by atoms with van der Waals surface area (Å²) in [5.41, 5.74) is 3.49. The first kappa shape index (κ1) is 20.0. The zero-order valence-electron chi connectivity index (χ0n) is 15.8. The third-order valence-corrected chi connectivity index (χ3v) is 5.23. The van der Waals surface area contributed by atoms with Crippen LogP contribution in [0, 0.1) is 3.57 Å². The van der Waals surface area contributed by atoms with Crippen molar-refractivity contribution in [3.63, 3.8) is 0 Å². The van der Waals surface area contributed by atoms with Crippen LogP contribution in [-0.4, -0.2) is 78.9 Å². The van der Waals surface area contributed by atoms with E-state index < -0.39 is 0 Å². The Morgan fingerprint density at radius 2 is 1.55 bits per heavy atom. The quantitative estimate of drug-likeness (QED) is 0.349. The van der Waals surface area contributed by atoms with E-state index in [-0.39, 0.29) is 5.75 Å². The summed E-state index contributed by atoms with van der Waals surface area (Å²) in [4.78, 5) is 17.9. The highest BCUT2D eigenvalue weighted by Crippen LogP contribution is 2.20. The Morgan fingerprint density at radius 3 is 2.14 bits per heavy atom. The minimum Gasteiger partial charge on any atom is -0.507 e. The Labute approximate surface area is 182 Å². The maximum atomic E-state index is 9.96. The second-order valence-corrected chi connectivity index (χ2v) is 7.78. The van der Waals surface area contributed by atoms with Crippen molar-refractivity contribution < 1.29 is 14.6 Å². The first-order chi connectivity index (χ1) is 14.2. The maximum Gasteiger partial charge on any atom is 0.250 e. The number of nitrogens with zero attached hydrogens (tertiary/aromatic N) is 6. The second-order valence-electron chi connectivity index (χ2n) is 6.53. The highest BCUT2D eigenvalue weighted by Gasteiger charge is 2.20. The summed E-state index contributed by atoms with van der Waals surface area (Å²) >= 11 is 2.19. The lowest BCUT2D eigenvalue weighted by Crippen LogP contribution is -2.40. The molecule has 0 atom stereocenters. The number of rotatable bonds is 5. The van der Waals surface area contributed by atoms with Crippen LogP contribution in [-0.2, 0) is 9.47 Å². The number of aromatic hydroxyl groups is 1. The number of ether oxygens (including phenoxy) is 2. The van der Waals surface area contributed by atoms with Crippen molar-refractivity contribution in [2.45, 2.75) is 0 Å². The van der Waals surface area contributed by atoms with Gasteiger partial charge in [0.15, 0.2) is 0 Å². The Balaban J connectivity index is 1.57. The van der Waals surface area contributed by atoms with E-state index in [4.69, 9.17) is 9.47 Å². The van der Waals surface area contributed by atoms with Gasteiger partial charge in [0.25, 0.3) is 0 Å². The minimum absolute atomic E-state index is 0.162. The van der Waals surface area contributed by atoms with Crippen LogP contribution in [0.15, 0.2) is 23.3 Å². The van der Waals surface area contributed by atoms with E-state index >= 15 is 0 Å². The summed E-state index contributed by atoms with van der Waals surface area (Å²) in [5, 5.41) is 14.2. The largest absolute Gasteiger partial charge is 0.507 e. The summed E-state index contributed by atoms with van der Waals surface area (Å²) in [7, 11) is 0. The lowest BCUT2D eigenvalue weighted by molar-refractivity contribution is 0.121. The molecule has 0 spiro atoms. The van der Waals surface area contributed by atoms with Crippen LogP contribution in [0.1, 0.15) is 5.56 Å². The van der Waals surface area contributed by atoms with Gasteiger partial charge in [-0.15, -0.1) is 0 Å². The minimum atomic E-state index is 0.162. The third kappa shape index (κ3) is 5.22. The number of phenols is 1. The lowest BCUT2D eigenvalue weighted by Gasteiger charge is -2.30. The third-order valence-electron chi connectivity index (χ3n) is 4.56. The maximum absolute atomic E-state index is 9.96. The summed E-state index contributed by atoms with van der Waals surface area (Å²) in [6.07, 6.45) is 1.55. The molecule has 2 aromatic rings. The van der Waals surface area contributed by atoms with Crippen molar-refractivity contribution in [2.24, 2.45) is 5.10 Å². The van der Waals surface area contributed by atoms with Crippen LogP contribution in [0.2, 0.25) is 0 Å². The van der Waals surface area contributed by atoms with Crippen molar-refractivity contribution in [3.8, 4) is 5.75 Å². The molecule has 4 rings (SSSR count). The molecule has 29 heavy (non-hydrogen) atoms. The van der Waals surface area contributed by atoms with Gasteiger partial charge in [-0.05, 0) is 40.8 Å². The Bertz CT molecular complexity index is 834. The predicted octanol–water partition coefficient (Wildman–Crippen LogP) is 1.30. The van der Waals surface area contributed by atoms with E-state index in [2.05, 4.69) is 57.9 Å². The SMILES string of the molecule is Oc1ccc(I)cc1/C=N\Nc1nc(N2CCOCC2)nc(N2CCOCC2)n1. The molecule has 1 aromatic heterocycles. The van der Waals surface area contributed by atoms with Gasteiger partial charge in [0.2, 0.25) is 17.8 Å². The number of nitrogens with one attached hydrogen (secondary N) is 1. The molecule has 11 heteroatoms. The van der Waals surface area contributed by atoms with E-state index in [9.17, 15) is 5.11 Å². The van der Waals surface area contributed by atoms with E-state index in [1.54, 1.807) is 12.3 Å². The van der Waals surface area contributed by atoms with Gasteiger partial charge in [-0.3, -0.25) is 0 Å². The van der Waals surface area contributed by atoms with Crippen molar-refractivity contribution in [1.82, 2.24) is 15.0 Å². The molecule has 0 unspecified atom stereocenters. The van der Waals surface area contributed by atoms with Gasteiger partial charge in [-0.2, -0.15) is 20.1 Å². The molecule has 154 valence electrons. The molecule has 0 bridgehead atoms. The molecule has 2 fully saturated rings. The number of anilines is 3. The van der Waals surface area contributed by atoms with Crippen molar-refractivity contribution in [3.05, 3.63) is 27.3 Å². The Kier molecular flexibility index (Phi) is 6.56. The van der Waals surface area contributed by atoms with Gasteiger partial charge >= 0.3 is 0 Å². The van der Waals surface area contributed by atoms with Gasteiger partial charge in [-0.25, -0.2) is 5.43 Å². The summed E-state index contributed by atoms with van der Waals surface area (Å²) in [6.45, 7) is 5.49. The molecule has 3 heterocycles. The fraction of sp³-hybridized carbons (Fsp3) is 0.444. The molecule has 1 aromatic carbocycles. The molecular formula is C18H22IN7O3. The average Bonchev–Trinajstić information content (AvgIpc) is 2.77. The number of hydrogen-bond donors (Lipinski definition) is 2. The van der Waals surface area contributed by atoms with Gasteiger partial charge in [0, 0.05) is 35.3 Å². The first-order valence-corrected chi connectivity index (χ1v) is 10.5. The summed E-state index contributed by atoms with van der Waals surface area (Å²) < 4.78 is 11.9. The van der Waals surface area contributed by atoms with E-state index in [1.165, 1.54) is 0 Å². The first-order valence-electron chi connectivity index (χ1n) is 9.38. The summed E-state index contributed by atoms with van der Waals surface area (Å²) in [5.74, 6) is 1.71. The second kappa shape index (κ2) is 9.50. The molecular weight excluding hydrogens is 489 g/mol. The predicted molar refractivity (Wildman–Crippen MR) is 118 cm³/mol. The zero-order valence-corrected chi connectivity index (χ0v) is 17.9. The molecule has 2 saturated heterocycles. The fourth-order valence-corrected chi connectivity index (χ4v) is 3.52. The van der Waals surface area contributed by atoms with E-state index in [0.29, 0.717) is 49.8 Å². The van der Waals surface area contributed by atoms with Crippen LogP contribution >= 0.6 is 22.6 Å². The number of morpholine rings is 2. The topological polar surface area (TPSA) is 108 Å². The smallest absolute Gasteiger partial charge is 0.250 e. The Hall–Kier alpha value is -2.25. The van der Waals surface area contributed by atoms with Crippen LogP contribution in [0.25, 0.3) is 0 Å². The average molecular weight is 511 g/mol. The van der Waals surface area contributed by atoms with Gasteiger partial charge < -0.3 is 24.4 Å². The molecule has 0 radical (unpaired) electrons. The van der Waals surface area contributed by atoms with Crippen LogP contribution < -0.4 is 15.2 Å². The number of phenolic OH excluding ortho intramolecular Hbond substituents is 1. The molecule has 0 amide bonds. The highest BCUT2D eigenvalue weighted by atomic mass is 127. The van der Waals surface area contributed by atoms with Crippen LogP contribution in [0.3, 0.4) is 0 Å². The van der Waals surface area contributed by atoms with Crippen molar-refractivity contribution in [2.75, 3.05) is 67.8 Å². The van der Waals surface area contributed by atoms with E-state index in [0.717, 1.165) is 29.7 Å². The number of aromatic nitrogens is 3. The standard InChI is InChI=1S/C18H22IN7O3/c19-14-1-2-15(27)13(11-14)12-20-24-16-21-17(25-3-7-28-8-4-25)23-18(22-16)26-5-9-29-10-6-26/h1-2,11-12,27H,3-10H2,(H,21,22,23,24)/b20-12-. The number of hydrogen-bond acceptors (Lipinski definition) is 10. The lowest BCUT2D eigenvalue weighted by atomic mass is 10.2. The van der Waals surface area contributed by atoms with Crippen LogP contribution in [0.5, 0.6) is 5.75 Å². The Morgan fingerprint density at radius 1 is 0.966 bits per heavy atom. The monoisotopic (exact) mass is 511 g/mol. The normalized spacial score (nSPS) is 17.7.